The molecular formula is C21H32N2O3. The number of hydrogen-bond donors (Lipinski definition) is 1. The van der Waals surface area contributed by atoms with E-state index in [9.17, 15) is 14.7 Å². The molecule has 0 saturated heterocycles. The molecule has 1 aromatic rings. The maximum Gasteiger partial charge on any atom is 0.303 e. The lowest BCUT2D eigenvalue weighted by Gasteiger charge is -2.37. The molecule has 0 aliphatic heterocycles. The fraction of sp³-hybridized carbons (Fsp3) is 0.619. The number of amides is 1. The Bertz CT molecular complexity index is 580. The summed E-state index contributed by atoms with van der Waals surface area (Å²) in [6.07, 6.45) is 5.33. The first-order chi connectivity index (χ1) is 12.4. The lowest BCUT2D eigenvalue weighted by molar-refractivity contribution is -0.142. The number of carboxylic acid groups (broad SMARTS) is 1. The standard InChI is InChI=1S/C21H32N2O3/c1-22(2)13-14-23(17-18-9-5-3-6-10-18)19(24)15-21(16-20(25)26)11-7-4-8-12-21/h3,5-6,9-10H,4,7-8,11-17H2,1-2H3,(H,25,26). The fourth-order valence-corrected chi connectivity index (χ4v) is 3.89. The highest BCUT2D eigenvalue weighted by molar-refractivity contribution is 5.78. The van der Waals surface area contributed by atoms with Crippen LogP contribution >= 0.6 is 0 Å². The Hall–Kier alpha value is -1.88. The maximum atomic E-state index is 13.1. The molecule has 1 aliphatic rings. The number of aliphatic carboxylic acids is 1. The van der Waals surface area contributed by atoms with Crippen LogP contribution in [-0.4, -0.2) is 54.0 Å². The van der Waals surface area contributed by atoms with Gasteiger partial charge in [0.1, 0.15) is 0 Å². The van der Waals surface area contributed by atoms with Crippen LogP contribution in [0.3, 0.4) is 0 Å². The zero-order valence-electron chi connectivity index (χ0n) is 16.1. The van der Waals surface area contributed by atoms with Gasteiger partial charge in [-0.15, -0.1) is 0 Å². The molecule has 1 aliphatic carbocycles. The van der Waals surface area contributed by atoms with Crippen LogP contribution in [0.4, 0.5) is 0 Å². The first-order valence-electron chi connectivity index (χ1n) is 9.58. The summed E-state index contributed by atoms with van der Waals surface area (Å²) in [6.45, 7) is 2.03. The summed E-state index contributed by atoms with van der Waals surface area (Å²) < 4.78 is 0. The molecular weight excluding hydrogens is 328 g/mol. The van der Waals surface area contributed by atoms with Gasteiger partial charge < -0.3 is 14.9 Å². The van der Waals surface area contributed by atoms with E-state index in [0.717, 1.165) is 44.2 Å². The van der Waals surface area contributed by atoms with Crippen LogP contribution in [0.1, 0.15) is 50.5 Å². The van der Waals surface area contributed by atoms with Crippen molar-refractivity contribution in [2.45, 2.75) is 51.5 Å². The van der Waals surface area contributed by atoms with Gasteiger partial charge in [0.15, 0.2) is 0 Å². The summed E-state index contributed by atoms with van der Waals surface area (Å²) in [5, 5.41) is 9.36. The Balaban J connectivity index is 2.11. The van der Waals surface area contributed by atoms with Crippen LogP contribution in [0.5, 0.6) is 0 Å². The van der Waals surface area contributed by atoms with Crippen molar-refractivity contribution >= 4 is 11.9 Å². The molecule has 1 aromatic carbocycles. The maximum absolute atomic E-state index is 13.1. The van der Waals surface area contributed by atoms with Gasteiger partial charge in [-0.05, 0) is 37.9 Å². The second-order valence-corrected chi connectivity index (χ2v) is 7.91. The van der Waals surface area contributed by atoms with Gasteiger partial charge in [0.2, 0.25) is 5.91 Å². The van der Waals surface area contributed by atoms with Crippen LogP contribution in [0.15, 0.2) is 30.3 Å². The van der Waals surface area contributed by atoms with E-state index in [2.05, 4.69) is 4.90 Å². The predicted molar refractivity (Wildman–Crippen MR) is 103 cm³/mol. The van der Waals surface area contributed by atoms with Gasteiger partial charge >= 0.3 is 5.97 Å². The minimum Gasteiger partial charge on any atom is -0.481 e. The quantitative estimate of drug-likeness (QED) is 0.733. The van der Waals surface area contributed by atoms with Crippen molar-refractivity contribution in [2.24, 2.45) is 5.41 Å². The molecule has 26 heavy (non-hydrogen) atoms. The number of carbonyl (C=O) groups excluding carboxylic acids is 1. The van der Waals surface area contributed by atoms with Gasteiger partial charge in [-0.25, -0.2) is 0 Å². The minimum atomic E-state index is -0.789. The number of carboxylic acids is 1. The normalized spacial score (nSPS) is 16.4. The molecule has 1 amide bonds. The smallest absolute Gasteiger partial charge is 0.303 e. The summed E-state index contributed by atoms with van der Waals surface area (Å²) in [7, 11) is 4.00. The van der Waals surface area contributed by atoms with E-state index in [4.69, 9.17) is 0 Å². The van der Waals surface area contributed by atoms with Gasteiger partial charge in [0.25, 0.3) is 0 Å². The molecule has 1 saturated carbocycles. The number of carbonyl (C=O) groups is 2. The second kappa shape index (κ2) is 9.72. The van der Waals surface area contributed by atoms with E-state index in [1.807, 2.05) is 49.3 Å². The van der Waals surface area contributed by atoms with Crippen LogP contribution < -0.4 is 0 Å². The van der Waals surface area contributed by atoms with Gasteiger partial charge in [0, 0.05) is 26.1 Å². The van der Waals surface area contributed by atoms with Gasteiger partial charge in [-0.3, -0.25) is 9.59 Å². The summed E-state index contributed by atoms with van der Waals surface area (Å²) in [6, 6.07) is 10.0. The Labute approximate surface area is 157 Å². The molecule has 0 unspecified atom stereocenters. The Morgan fingerprint density at radius 3 is 2.23 bits per heavy atom. The van der Waals surface area contributed by atoms with Crippen molar-refractivity contribution in [3.63, 3.8) is 0 Å². The zero-order valence-corrected chi connectivity index (χ0v) is 16.1. The number of benzene rings is 1. The molecule has 0 aromatic heterocycles. The van der Waals surface area contributed by atoms with Crippen molar-refractivity contribution in [1.82, 2.24) is 9.80 Å². The second-order valence-electron chi connectivity index (χ2n) is 7.91. The van der Waals surface area contributed by atoms with E-state index in [1.54, 1.807) is 0 Å². The summed E-state index contributed by atoms with van der Waals surface area (Å²) in [5.74, 6) is -0.707. The zero-order chi connectivity index (χ0) is 19.0. The van der Waals surface area contributed by atoms with E-state index >= 15 is 0 Å². The summed E-state index contributed by atoms with van der Waals surface area (Å²) in [4.78, 5) is 28.5. The average molecular weight is 360 g/mol. The first-order valence-corrected chi connectivity index (χ1v) is 9.58. The van der Waals surface area contributed by atoms with E-state index in [1.165, 1.54) is 0 Å². The molecule has 0 heterocycles. The topological polar surface area (TPSA) is 60.9 Å². The number of nitrogens with zero attached hydrogens (tertiary/aromatic N) is 2. The van der Waals surface area contributed by atoms with Crippen molar-refractivity contribution in [3.8, 4) is 0 Å². The van der Waals surface area contributed by atoms with Gasteiger partial charge in [0.05, 0.1) is 6.42 Å². The molecule has 0 radical (unpaired) electrons. The van der Waals surface area contributed by atoms with Crippen LogP contribution in [0, 0.1) is 5.41 Å². The Morgan fingerprint density at radius 1 is 1.00 bits per heavy atom. The van der Waals surface area contributed by atoms with Crippen LogP contribution in [0.25, 0.3) is 0 Å². The molecule has 0 bridgehead atoms. The number of hydrogen-bond acceptors (Lipinski definition) is 3. The third-order valence-electron chi connectivity index (χ3n) is 5.35. The highest BCUT2D eigenvalue weighted by Crippen LogP contribution is 2.42. The highest BCUT2D eigenvalue weighted by atomic mass is 16.4. The fourth-order valence-electron chi connectivity index (χ4n) is 3.89. The number of rotatable bonds is 9. The molecule has 1 N–H and O–H groups in total. The van der Waals surface area contributed by atoms with E-state index in [0.29, 0.717) is 19.5 Å². The van der Waals surface area contributed by atoms with Gasteiger partial charge in [-0.1, -0.05) is 49.6 Å². The van der Waals surface area contributed by atoms with Gasteiger partial charge in [-0.2, -0.15) is 0 Å². The summed E-state index contributed by atoms with van der Waals surface area (Å²) >= 11 is 0. The lowest BCUT2D eigenvalue weighted by Crippen LogP contribution is -2.40. The number of likely N-dealkylation sites (N-methyl/N-ethyl adjacent to an activating group) is 1. The SMILES string of the molecule is CN(C)CCN(Cc1ccccc1)C(=O)CC1(CC(=O)O)CCCCC1. The average Bonchev–Trinajstić information content (AvgIpc) is 2.59. The molecule has 144 valence electrons. The third kappa shape index (κ3) is 6.45. The first kappa shape index (κ1) is 20.4. The van der Waals surface area contributed by atoms with Crippen molar-refractivity contribution in [3.05, 3.63) is 35.9 Å². The monoisotopic (exact) mass is 360 g/mol. The van der Waals surface area contributed by atoms with Crippen molar-refractivity contribution < 1.29 is 14.7 Å². The minimum absolute atomic E-state index is 0.0823. The van der Waals surface area contributed by atoms with Crippen molar-refractivity contribution in [1.29, 1.82) is 0 Å². The molecule has 1 fully saturated rings. The molecule has 5 nitrogen and oxygen atoms in total. The predicted octanol–water partition coefficient (Wildman–Crippen LogP) is 3.39. The lowest BCUT2D eigenvalue weighted by atomic mass is 9.69. The Kier molecular flexibility index (Phi) is 7.64. The largest absolute Gasteiger partial charge is 0.481 e. The van der Waals surface area contributed by atoms with E-state index < -0.39 is 5.97 Å². The molecule has 2 rings (SSSR count). The van der Waals surface area contributed by atoms with E-state index in [-0.39, 0.29) is 17.7 Å². The highest BCUT2D eigenvalue weighted by Gasteiger charge is 2.37. The van der Waals surface area contributed by atoms with Crippen LogP contribution in [0.2, 0.25) is 0 Å². The third-order valence-corrected chi connectivity index (χ3v) is 5.35. The molecule has 0 spiro atoms. The molecule has 5 heteroatoms. The molecule has 0 atom stereocenters. The summed E-state index contributed by atoms with van der Waals surface area (Å²) in [5.41, 5.74) is 0.740. The van der Waals surface area contributed by atoms with Crippen LogP contribution in [-0.2, 0) is 16.1 Å². The van der Waals surface area contributed by atoms with Crippen molar-refractivity contribution in [2.75, 3.05) is 27.2 Å². The Morgan fingerprint density at radius 2 is 1.65 bits per heavy atom.